The first-order chi connectivity index (χ1) is 10.2. The van der Waals surface area contributed by atoms with Gasteiger partial charge in [0.15, 0.2) is 5.58 Å². The Morgan fingerprint density at radius 1 is 1.14 bits per heavy atom. The van der Waals surface area contributed by atoms with Gasteiger partial charge in [0, 0.05) is 17.0 Å². The van der Waals surface area contributed by atoms with E-state index in [9.17, 15) is 0 Å². The summed E-state index contributed by atoms with van der Waals surface area (Å²) in [6.45, 7) is 2.18. The number of hydrogen-bond donors (Lipinski definition) is 1. The smallest absolute Gasteiger partial charge is 0.153 e. The van der Waals surface area contributed by atoms with Crippen molar-refractivity contribution in [1.29, 1.82) is 0 Å². The molecule has 0 saturated heterocycles. The summed E-state index contributed by atoms with van der Waals surface area (Å²) in [5.41, 5.74) is 3.11. The average Bonchev–Trinajstić information content (AvgIpc) is 2.95. The Bertz CT molecular complexity index is 742. The van der Waals surface area contributed by atoms with E-state index in [4.69, 9.17) is 16.0 Å². The zero-order valence-electron chi connectivity index (χ0n) is 12.2. The molecule has 3 aromatic rings. The standard InChI is InChI=1S/C18H18ClNO/c1-3-16(20-2)12-7-9-13(10-8-12)17-11-14-5-4-6-15(19)18(14)21-17/h4-11,16,20H,3H2,1-2H3. The molecule has 0 radical (unpaired) electrons. The maximum Gasteiger partial charge on any atom is 0.153 e. The van der Waals surface area contributed by atoms with Crippen LogP contribution in [0.1, 0.15) is 24.9 Å². The van der Waals surface area contributed by atoms with E-state index in [1.807, 2.05) is 31.3 Å². The van der Waals surface area contributed by atoms with Gasteiger partial charge in [-0.25, -0.2) is 0 Å². The molecule has 0 saturated carbocycles. The number of furan rings is 1. The van der Waals surface area contributed by atoms with Crippen LogP contribution < -0.4 is 5.32 Å². The van der Waals surface area contributed by atoms with Gasteiger partial charge in [0.1, 0.15) is 5.76 Å². The fourth-order valence-electron chi connectivity index (χ4n) is 2.66. The van der Waals surface area contributed by atoms with Gasteiger partial charge in [0.2, 0.25) is 0 Å². The Balaban J connectivity index is 1.97. The Morgan fingerprint density at radius 2 is 1.90 bits per heavy atom. The average molecular weight is 300 g/mol. The molecule has 1 unspecified atom stereocenters. The van der Waals surface area contributed by atoms with Crippen molar-refractivity contribution in [3.8, 4) is 11.3 Å². The summed E-state index contributed by atoms with van der Waals surface area (Å²) in [7, 11) is 1.99. The summed E-state index contributed by atoms with van der Waals surface area (Å²) in [5, 5.41) is 5.00. The van der Waals surface area contributed by atoms with Gasteiger partial charge in [-0.3, -0.25) is 0 Å². The second-order valence-corrected chi connectivity index (χ2v) is 5.55. The molecule has 0 spiro atoms. The lowest BCUT2D eigenvalue weighted by atomic mass is 10.0. The predicted octanol–water partition coefficient (Wildman–Crippen LogP) is 5.42. The normalized spacial score (nSPS) is 12.7. The van der Waals surface area contributed by atoms with Gasteiger partial charge in [-0.1, -0.05) is 54.9 Å². The van der Waals surface area contributed by atoms with E-state index in [-0.39, 0.29) is 0 Å². The van der Waals surface area contributed by atoms with Crippen molar-refractivity contribution in [2.75, 3.05) is 7.05 Å². The molecule has 3 rings (SSSR count). The van der Waals surface area contributed by atoms with Gasteiger partial charge < -0.3 is 9.73 Å². The van der Waals surface area contributed by atoms with Gasteiger partial charge in [-0.15, -0.1) is 0 Å². The Hall–Kier alpha value is -1.77. The van der Waals surface area contributed by atoms with Crippen LogP contribution in [0.15, 0.2) is 52.9 Å². The van der Waals surface area contributed by atoms with Crippen LogP contribution in [0, 0.1) is 0 Å². The molecular weight excluding hydrogens is 282 g/mol. The number of halogens is 1. The minimum atomic E-state index is 0.393. The monoisotopic (exact) mass is 299 g/mol. The molecule has 3 heteroatoms. The van der Waals surface area contributed by atoms with Crippen molar-refractivity contribution < 1.29 is 4.42 Å². The van der Waals surface area contributed by atoms with Gasteiger partial charge in [-0.2, -0.15) is 0 Å². The highest BCUT2D eigenvalue weighted by molar-refractivity contribution is 6.34. The van der Waals surface area contributed by atoms with Gasteiger partial charge in [0.25, 0.3) is 0 Å². The molecule has 1 aromatic heterocycles. The first kappa shape index (κ1) is 14.2. The SMILES string of the molecule is CCC(NC)c1ccc(-c2cc3cccc(Cl)c3o2)cc1. The summed E-state index contributed by atoms with van der Waals surface area (Å²) in [6.07, 6.45) is 1.07. The molecule has 0 aliphatic heterocycles. The van der Waals surface area contributed by atoms with Crippen LogP contribution in [0.4, 0.5) is 0 Å². The molecule has 2 aromatic carbocycles. The predicted molar refractivity (Wildman–Crippen MR) is 88.8 cm³/mol. The highest BCUT2D eigenvalue weighted by Crippen LogP contribution is 2.32. The highest BCUT2D eigenvalue weighted by atomic mass is 35.5. The molecule has 0 aliphatic carbocycles. The summed E-state index contributed by atoms with van der Waals surface area (Å²) >= 11 is 6.16. The molecule has 1 N–H and O–H groups in total. The van der Waals surface area contributed by atoms with Crippen LogP contribution in [0.5, 0.6) is 0 Å². The number of hydrogen-bond acceptors (Lipinski definition) is 2. The van der Waals surface area contributed by atoms with Crippen molar-refractivity contribution >= 4 is 22.6 Å². The van der Waals surface area contributed by atoms with Crippen molar-refractivity contribution in [3.05, 3.63) is 59.1 Å². The number of benzene rings is 2. The molecule has 0 fully saturated rings. The van der Waals surface area contributed by atoms with E-state index in [1.165, 1.54) is 5.56 Å². The molecule has 2 nitrogen and oxygen atoms in total. The van der Waals surface area contributed by atoms with Crippen molar-refractivity contribution in [2.45, 2.75) is 19.4 Å². The fraction of sp³-hybridized carbons (Fsp3) is 0.222. The Morgan fingerprint density at radius 3 is 2.52 bits per heavy atom. The molecule has 1 heterocycles. The van der Waals surface area contributed by atoms with Crippen molar-refractivity contribution in [1.82, 2.24) is 5.32 Å². The van der Waals surface area contributed by atoms with Crippen LogP contribution in [-0.2, 0) is 0 Å². The topological polar surface area (TPSA) is 25.2 Å². The van der Waals surface area contributed by atoms with E-state index in [0.29, 0.717) is 11.1 Å². The van der Waals surface area contributed by atoms with E-state index in [0.717, 1.165) is 28.7 Å². The Labute approximate surface area is 129 Å². The zero-order valence-corrected chi connectivity index (χ0v) is 12.9. The van der Waals surface area contributed by atoms with Gasteiger partial charge in [-0.05, 0) is 31.2 Å². The molecular formula is C18H18ClNO. The molecule has 1 atom stereocenters. The highest BCUT2D eigenvalue weighted by Gasteiger charge is 2.10. The third-order valence-corrected chi connectivity index (χ3v) is 4.15. The number of para-hydroxylation sites is 1. The molecule has 0 aliphatic rings. The second kappa shape index (κ2) is 5.92. The lowest BCUT2D eigenvalue weighted by Gasteiger charge is -2.14. The van der Waals surface area contributed by atoms with Crippen LogP contribution in [0.3, 0.4) is 0 Å². The fourth-order valence-corrected chi connectivity index (χ4v) is 2.88. The minimum absolute atomic E-state index is 0.393. The van der Waals surface area contributed by atoms with Crippen LogP contribution in [0.25, 0.3) is 22.3 Å². The largest absolute Gasteiger partial charge is 0.455 e. The molecule has 108 valence electrons. The number of nitrogens with one attached hydrogen (secondary N) is 1. The summed E-state index contributed by atoms with van der Waals surface area (Å²) in [6, 6.07) is 16.7. The molecule has 0 bridgehead atoms. The minimum Gasteiger partial charge on any atom is -0.455 e. The number of rotatable bonds is 4. The maximum absolute atomic E-state index is 6.16. The second-order valence-electron chi connectivity index (χ2n) is 5.14. The zero-order chi connectivity index (χ0) is 14.8. The number of fused-ring (bicyclic) bond motifs is 1. The van der Waals surface area contributed by atoms with Crippen molar-refractivity contribution in [2.24, 2.45) is 0 Å². The van der Waals surface area contributed by atoms with E-state index >= 15 is 0 Å². The first-order valence-electron chi connectivity index (χ1n) is 7.18. The van der Waals surface area contributed by atoms with E-state index in [1.54, 1.807) is 0 Å². The van der Waals surface area contributed by atoms with Gasteiger partial charge >= 0.3 is 0 Å². The quantitative estimate of drug-likeness (QED) is 0.695. The molecule has 21 heavy (non-hydrogen) atoms. The summed E-state index contributed by atoms with van der Waals surface area (Å²) in [4.78, 5) is 0. The third-order valence-electron chi connectivity index (χ3n) is 3.85. The summed E-state index contributed by atoms with van der Waals surface area (Å²) < 4.78 is 5.89. The lowest BCUT2D eigenvalue weighted by Crippen LogP contribution is -2.14. The van der Waals surface area contributed by atoms with Gasteiger partial charge in [0.05, 0.1) is 5.02 Å². The van der Waals surface area contributed by atoms with Crippen LogP contribution in [0.2, 0.25) is 5.02 Å². The van der Waals surface area contributed by atoms with E-state index < -0.39 is 0 Å². The van der Waals surface area contributed by atoms with E-state index in [2.05, 4.69) is 36.5 Å². The Kier molecular flexibility index (Phi) is 4.00. The van der Waals surface area contributed by atoms with Crippen LogP contribution in [-0.4, -0.2) is 7.05 Å². The maximum atomic E-state index is 6.16. The van der Waals surface area contributed by atoms with Crippen LogP contribution >= 0.6 is 11.6 Å². The third kappa shape index (κ3) is 2.69. The first-order valence-corrected chi connectivity index (χ1v) is 7.56. The van der Waals surface area contributed by atoms with Crippen molar-refractivity contribution in [3.63, 3.8) is 0 Å². The molecule has 0 amide bonds. The lowest BCUT2D eigenvalue weighted by molar-refractivity contribution is 0.577. The summed E-state index contributed by atoms with van der Waals surface area (Å²) in [5.74, 6) is 0.849.